The number of carbonyl (C=O) groups excluding carboxylic acids is 4. The molecule has 30 heavy (non-hydrogen) atoms. The number of hydrogen-bond donors (Lipinski definition) is 2. The maximum atomic E-state index is 10.4. The van der Waals surface area contributed by atoms with Crippen LogP contribution in [-0.4, -0.2) is 86.3 Å². The van der Waals surface area contributed by atoms with E-state index in [0.717, 1.165) is 9.80 Å². The Morgan fingerprint density at radius 2 is 0.833 bits per heavy atom. The van der Waals surface area contributed by atoms with Gasteiger partial charge in [0.2, 0.25) is 0 Å². The van der Waals surface area contributed by atoms with Crippen LogP contribution in [-0.2, 0) is 39.4 Å². The summed E-state index contributed by atoms with van der Waals surface area (Å²) in [5, 5.41) is 41.6. The monoisotopic (exact) mass is 511 g/mol. The van der Waals surface area contributed by atoms with Gasteiger partial charge < -0.3 is 54.9 Å². The molecule has 0 rings (SSSR count). The Morgan fingerprint density at radius 1 is 0.700 bits per heavy atom. The van der Waals surface area contributed by atoms with Crippen molar-refractivity contribution >= 4 is 44.1 Å². The molecule has 0 fully saturated rings. The molecule has 0 amide bonds. The first-order valence-electron chi connectivity index (χ1n) is 6.13. The SMILES string of the molecule is O=C([O-])CN(CCN(CC(=O)[O-])CC(=O)[O-])CC(=O)[O-].O=S([O-])(O)=S.[NH4+].[Na+].[Na+].[Na+].[Na+]. The zero-order valence-corrected chi connectivity index (χ0v) is 27.1. The van der Waals surface area contributed by atoms with Crippen molar-refractivity contribution in [2.45, 2.75) is 0 Å². The second-order valence-corrected chi connectivity index (χ2v) is 6.46. The molecule has 0 heterocycles. The van der Waals surface area contributed by atoms with Gasteiger partial charge in [-0.2, -0.15) is 0 Å². The quantitative estimate of drug-likeness (QED) is 0.244. The molecule has 0 aliphatic rings. The van der Waals surface area contributed by atoms with Gasteiger partial charge in [0, 0.05) is 39.3 Å². The van der Waals surface area contributed by atoms with E-state index in [9.17, 15) is 39.6 Å². The van der Waals surface area contributed by atoms with Crippen LogP contribution in [0.1, 0.15) is 0 Å². The zero-order valence-electron chi connectivity index (χ0n) is 17.5. The summed E-state index contributed by atoms with van der Waals surface area (Å²) in [6.07, 6.45) is 0. The number of carboxylic acid groups (broad SMARTS) is 4. The molecule has 20 heteroatoms. The molecular formula is C10H17N3Na4O11S2. The predicted octanol–water partition coefficient (Wildman–Crippen LogP) is -19.7. The fourth-order valence-corrected chi connectivity index (χ4v) is 1.44. The van der Waals surface area contributed by atoms with Crippen molar-refractivity contribution < 1.29 is 171 Å². The van der Waals surface area contributed by atoms with E-state index in [1.54, 1.807) is 0 Å². The van der Waals surface area contributed by atoms with E-state index in [1.807, 2.05) is 0 Å². The molecule has 5 N–H and O–H groups in total. The summed E-state index contributed by atoms with van der Waals surface area (Å²) >= 11 is 3.35. The molecule has 154 valence electrons. The van der Waals surface area contributed by atoms with Crippen molar-refractivity contribution in [3.05, 3.63) is 0 Å². The van der Waals surface area contributed by atoms with E-state index < -0.39 is 59.1 Å². The Labute approximate surface area is 266 Å². The van der Waals surface area contributed by atoms with Crippen LogP contribution in [0.2, 0.25) is 0 Å². The van der Waals surface area contributed by atoms with Crippen LogP contribution in [0.15, 0.2) is 0 Å². The molecule has 0 bridgehead atoms. The van der Waals surface area contributed by atoms with Crippen molar-refractivity contribution in [1.82, 2.24) is 16.0 Å². The normalized spacial score (nSPS) is 10.7. The summed E-state index contributed by atoms with van der Waals surface area (Å²) in [7, 11) is -4.08. The van der Waals surface area contributed by atoms with E-state index in [0.29, 0.717) is 0 Å². The van der Waals surface area contributed by atoms with Gasteiger partial charge in [0.15, 0.2) is 0 Å². The van der Waals surface area contributed by atoms with Gasteiger partial charge in [-0.25, -0.2) is 4.21 Å². The van der Waals surface area contributed by atoms with Crippen molar-refractivity contribution in [3.63, 3.8) is 0 Å². The molecule has 1 unspecified atom stereocenters. The topological polar surface area (TPSA) is 264 Å². The number of nitrogens with zero attached hydrogens (tertiary/aromatic N) is 2. The van der Waals surface area contributed by atoms with Crippen LogP contribution in [0, 0.1) is 0 Å². The average molecular weight is 511 g/mol. The molecule has 14 nitrogen and oxygen atoms in total. The Morgan fingerprint density at radius 3 is 0.933 bits per heavy atom. The summed E-state index contributed by atoms with van der Waals surface area (Å²) < 4.78 is 25.3. The van der Waals surface area contributed by atoms with Crippen LogP contribution >= 0.6 is 0 Å². The maximum absolute atomic E-state index is 10.4. The van der Waals surface area contributed by atoms with Crippen LogP contribution in [0.5, 0.6) is 0 Å². The number of hydrogen-bond acceptors (Lipinski definition) is 13. The molecular weight excluding hydrogens is 494 g/mol. The van der Waals surface area contributed by atoms with Crippen LogP contribution in [0.4, 0.5) is 0 Å². The van der Waals surface area contributed by atoms with Gasteiger partial charge in [0.05, 0.1) is 32.9 Å². The predicted molar refractivity (Wildman–Crippen MR) is 77.8 cm³/mol. The number of rotatable bonds is 11. The third-order valence-corrected chi connectivity index (χ3v) is 2.14. The largest absolute Gasteiger partial charge is 1.00 e. The minimum absolute atomic E-state index is 0. The minimum atomic E-state index is -4.08. The van der Waals surface area contributed by atoms with Crippen molar-refractivity contribution in [3.8, 4) is 0 Å². The van der Waals surface area contributed by atoms with Gasteiger partial charge >= 0.3 is 118 Å². The molecule has 0 saturated carbocycles. The second kappa shape index (κ2) is 27.3. The molecule has 0 aliphatic carbocycles. The van der Waals surface area contributed by atoms with Gasteiger partial charge in [0.1, 0.15) is 0 Å². The second-order valence-electron chi connectivity index (χ2n) is 4.34. The maximum Gasteiger partial charge on any atom is 1.00 e. The summed E-state index contributed by atoms with van der Waals surface area (Å²) in [6.45, 7) is -3.25. The first-order valence-corrected chi connectivity index (χ1v) is 8.49. The third-order valence-electron chi connectivity index (χ3n) is 2.14. The first-order chi connectivity index (χ1) is 11.2. The molecule has 0 saturated heterocycles. The van der Waals surface area contributed by atoms with E-state index >= 15 is 0 Å². The average Bonchev–Trinajstić information content (AvgIpc) is 2.30. The molecule has 0 aromatic carbocycles. The van der Waals surface area contributed by atoms with Crippen LogP contribution < -0.4 is 145 Å². The van der Waals surface area contributed by atoms with E-state index in [4.69, 9.17) is 13.3 Å². The summed E-state index contributed by atoms with van der Waals surface area (Å²) in [5.41, 5.74) is 0. The Kier molecular flexibility index (Phi) is 44.8. The van der Waals surface area contributed by atoms with Gasteiger partial charge in [-0.3, -0.25) is 9.80 Å². The number of quaternary nitrogens is 1. The number of aliphatic carboxylic acids is 4. The van der Waals surface area contributed by atoms with Gasteiger partial charge in [-0.05, 0) is 11.2 Å². The third kappa shape index (κ3) is 47.7. The molecule has 0 radical (unpaired) electrons. The van der Waals surface area contributed by atoms with Gasteiger partial charge in [0.25, 0.3) is 0 Å². The Balaban J connectivity index is -0.0000000948. The summed E-state index contributed by atoms with van der Waals surface area (Å²) in [6, 6.07) is 0. The van der Waals surface area contributed by atoms with Crippen molar-refractivity contribution in [2.24, 2.45) is 0 Å². The van der Waals surface area contributed by atoms with Gasteiger partial charge in [-0.15, -0.1) is 0 Å². The molecule has 1 atom stereocenters. The zero-order chi connectivity index (χ0) is 20.2. The fraction of sp³-hybridized carbons (Fsp3) is 0.600. The van der Waals surface area contributed by atoms with Crippen LogP contribution in [0.25, 0.3) is 0 Å². The minimum Gasteiger partial charge on any atom is -0.748 e. The van der Waals surface area contributed by atoms with E-state index in [-0.39, 0.29) is 137 Å². The molecule has 0 aromatic rings. The Bertz CT molecular complexity index is 522. The standard InChI is InChI=1S/C10H16N2O8.H3N.4Na.H2O3S2/c13-7(14)3-11(4-8(15)16)1-2-12(5-9(17)18)6-10(19)20;;;;;;1-5(2,3)4/h1-6H2,(H,13,14)(H,15,16)(H,17,18)(H,19,20);1H3;;;;;(H2,1,2,3,4)/q;;4*+1;/p-4. The Hall–Kier alpha value is 2.05. The van der Waals surface area contributed by atoms with Crippen molar-refractivity contribution in [2.75, 3.05) is 39.3 Å². The van der Waals surface area contributed by atoms with E-state index in [2.05, 4.69) is 11.2 Å². The summed E-state index contributed by atoms with van der Waals surface area (Å²) in [5.74, 6) is -6.12. The summed E-state index contributed by atoms with van der Waals surface area (Å²) in [4.78, 5) is 43.4. The smallest absolute Gasteiger partial charge is 0.748 e. The van der Waals surface area contributed by atoms with Crippen LogP contribution in [0.3, 0.4) is 0 Å². The van der Waals surface area contributed by atoms with E-state index in [1.165, 1.54) is 0 Å². The molecule has 0 spiro atoms. The van der Waals surface area contributed by atoms with Gasteiger partial charge in [-0.1, -0.05) is 0 Å². The first kappa shape index (κ1) is 49.2. The fourth-order valence-electron chi connectivity index (χ4n) is 1.44. The number of carbonyl (C=O) groups is 4. The number of carboxylic acids is 4. The molecule has 0 aromatic heterocycles. The molecule has 0 aliphatic heterocycles. The van der Waals surface area contributed by atoms with Crippen molar-refractivity contribution in [1.29, 1.82) is 0 Å².